The number of halogens is 3. The summed E-state index contributed by atoms with van der Waals surface area (Å²) >= 11 is 1.16. The molecule has 0 bridgehead atoms. The third-order valence-electron chi connectivity index (χ3n) is 2.21. The van der Waals surface area contributed by atoms with Crippen LogP contribution in [0.15, 0.2) is 5.38 Å². The van der Waals surface area contributed by atoms with E-state index in [9.17, 15) is 18.0 Å². The number of hydrogen-bond acceptors (Lipinski definition) is 4. The Morgan fingerprint density at radius 3 is 2.58 bits per heavy atom. The van der Waals surface area contributed by atoms with Gasteiger partial charge in [0.15, 0.2) is 5.13 Å². The van der Waals surface area contributed by atoms with Crippen molar-refractivity contribution in [1.29, 1.82) is 0 Å². The van der Waals surface area contributed by atoms with Crippen LogP contribution in [0.4, 0.5) is 18.3 Å². The van der Waals surface area contributed by atoms with Gasteiger partial charge in [-0.3, -0.25) is 4.79 Å². The lowest BCUT2D eigenvalue weighted by Crippen LogP contribution is -2.41. The molecule has 1 amide bonds. The molecule has 1 heterocycles. The van der Waals surface area contributed by atoms with Crippen molar-refractivity contribution in [2.45, 2.75) is 26.4 Å². The Hall–Kier alpha value is -1.31. The van der Waals surface area contributed by atoms with E-state index in [2.05, 4.69) is 4.98 Å². The van der Waals surface area contributed by atoms with Gasteiger partial charge in [0, 0.05) is 11.9 Å². The maximum Gasteiger partial charge on any atom is 0.406 e. The number of hydrogen-bond donors (Lipinski definition) is 1. The van der Waals surface area contributed by atoms with Crippen LogP contribution in [0.1, 0.15) is 19.5 Å². The van der Waals surface area contributed by atoms with Gasteiger partial charge in [-0.1, -0.05) is 13.8 Å². The van der Waals surface area contributed by atoms with Crippen LogP contribution in [0.2, 0.25) is 0 Å². The first-order chi connectivity index (χ1) is 8.67. The molecule has 8 heteroatoms. The van der Waals surface area contributed by atoms with Crippen LogP contribution < -0.4 is 5.73 Å². The van der Waals surface area contributed by atoms with Crippen molar-refractivity contribution in [3.63, 3.8) is 0 Å². The van der Waals surface area contributed by atoms with E-state index < -0.39 is 18.6 Å². The van der Waals surface area contributed by atoms with Crippen molar-refractivity contribution < 1.29 is 18.0 Å². The molecular weight excluding hydrogens is 279 g/mol. The first-order valence-electron chi connectivity index (χ1n) is 5.72. The molecule has 0 fully saturated rings. The molecule has 0 aromatic carbocycles. The predicted molar refractivity (Wildman–Crippen MR) is 67.7 cm³/mol. The molecule has 0 aliphatic carbocycles. The summed E-state index contributed by atoms with van der Waals surface area (Å²) in [5.74, 6) is -0.622. The number of anilines is 1. The summed E-state index contributed by atoms with van der Waals surface area (Å²) in [6.45, 7) is 2.36. The van der Waals surface area contributed by atoms with Gasteiger partial charge in [-0.25, -0.2) is 4.98 Å². The molecule has 0 saturated heterocycles. The smallest absolute Gasteiger partial charge is 0.375 e. The number of alkyl halides is 3. The van der Waals surface area contributed by atoms with Gasteiger partial charge in [-0.2, -0.15) is 13.2 Å². The maximum atomic E-state index is 12.4. The molecule has 0 aliphatic heterocycles. The lowest BCUT2D eigenvalue weighted by molar-refractivity contribution is -0.161. The Kier molecular flexibility index (Phi) is 5.16. The predicted octanol–water partition coefficient (Wildman–Crippen LogP) is 2.31. The Labute approximate surface area is 113 Å². The van der Waals surface area contributed by atoms with Crippen molar-refractivity contribution in [3.8, 4) is 0 Å². The SMILES string of the molecule is CC(C)CN(CC(F)(F)F)C(=O)Cc1csc(N)n1. The summed E-state index contributed by atoms with van der Waals surface area (Å²) in [5, 5.41) is 1.88. The third kappa shape index (κ3) is 5.91. The van der Waals surface area contributed by atoms with E-state index in [1.165, 1.54) is 0 Å². The molecule has 1 aromatic rings. The second-order valence-electron chi connectivity index (χ2n) is 4.64. The van der Waals surface area contributed by atoms with Crippen LogP contribution in [0.3, 0.4) is 0 Å². The minimum atomic E-state index is -4.40. The number of carbonyl (C=O) groups excluding carboxylic acids is 1. The summed E-state index contributed by atoms with van der Waals surface area (Å²) in [6.07, 6.45) is -4.55. The number of nitrogens with two attached hydrogens (primary N) is 1. The molecule has 0 aliphatic rings. The van der Waals surface area contributed by atoms with Gasteiger partial charge in [0.1, 0.15) is 6.54 Å². The maximum absolute atomic E-state index is 12.4. The molecule has 0 radical (unpaired) electrons. The number of carbonyl (C=O) groups is 1. The van der Waals surface area contributed by atoms with Gasteiger partial charge in [0.2, 0.25) is 5.91 Å². The van der Waals surface area contributed by atoms with E-state index in [1.807, 2.05) is 0 Å². The zero-order valence-electron chi connectivity index (χ0n) is 10.7. The second kappa shape index (κ2) is 6.23. The molecular formula is C11H16F3N3OS. The van der Waals surface area contributed by atoms with Gasteiger partial charge in [-0.15, -0.1) is 11.3 Å². The van der Waals surface area contributed by atoms with E-state index in [0.29, 0.717) is 10.8 Å². The summed E-state index contributed by atoms with van der Waals surface area (Å²) < 4.78 is 37.3. The van der Waals surface area contributed by atoms with Crippen molar-refractivity contribution in [1.82, 2.24) is 9.88 Å². The van der Waals surface area contributed by atoms with Gasteiger partial charge in [0.25, 0.3) is 0 Å². The first-order valence-corrected chi connectivity index (χ1v) is 6.59. The Balaban J connectivity index is 2.70. The van der Waals surface area contributed by atoms with Crippen LogP contribution in [0, 0.1) is 5.92 Å². The minimum Gasteiger partial charge on any atom is -0.375 e. The first kappa shape index (κ1) is 15.7. The van der Waals surface area contributed by atoms with Gasteiger partial charge in [0.05, 0.1) is 12.1 Å². The lowest BCUT2D eigenvalue weighted by Gasteiger charge is -2.25. The van der Waals surface area contributed by atoms with E-state index in [1.54, 1.807) is 19.2 Å². The zero-order valence-corrected chi connectivity index (χ0v) is 11.5. The van der Waals surface area contributed by atoms with Crippen molar-refractivity contribution in [3.05, 3.63) is 11.1 Å². The molecule has 108 valence electrons. The van der Waals surface area contributed by atoms with Crippen LogP contribution in [-0.4, -0.2) is 35.1 Å². The highest BCUT2D eigenvalue weighted by atomic mass is 32.1. The summed E-state index contributed by atoms with van der Waals surface area (Å²) in [7, 11) is 0. The number of thiazole rings is 1. The van der Waals surface area contributed by atoms with Crippen LogP contribution >= 0.6 is 11.3 Å². The lowest BCUT2D eigenvalue weighted by atomic mass is 10.2. The number of aromatic nitrogens is 1. The van der Waals surface area contributed by atoms with Crippen molar-refractivity contribution >= 4 is 22.4 Å². The topological polar surface area (TPSA) is 59.2 Å². The Morgan fingerprint density at radius 2 is 2.16 bits per heavy atom. The molecule has 0 unspecified atom stereocenters. The highest BCUT2D eigenvalue weighted by Crippen LogP contribution is 2.19. The summed E-state index contributed by atoms with van der Waals surface area (Å²) in [6, 6.07) is 0. The fourth-order valence-corrected chi connectivity index (χ4v) is 2.15. The summed E-state index contributed by atoms with van der Waals surface area (Å²) in [4.78, 5) is 16.6. The summed E-state index contributed by atoms with van der Waals surface area (Å²) in [5.41, 5.74) is 5.82. The monoisotopic (exact) mass is 295 g/mol. The van der Waals surface area contributed by atoms with Gasteiger partial charge >= 0.3 is 6.18 Å². The molecule has 1 aromatic heterocycles. The molecule has 0 spiro atoms. The minimum absolute atomic E-state index is 0.0354. The fourth-order valence-electron chi connectivity index (χ4n) is 1.58. The molecule has 0 saturated carbocycles. The third-order valence-corrected chi connectivity index (χ3v) is 2.93. The standard InChI is InChI=1S/C11H16F3N3OS/c1-7(2)4-17(6-11(12,13)14)9(18)3-8-5-19-10(15)16-8/h5,7H,3-4,6H2,1-2H3,(H2,15,16). The average molecular weight is 295 g/mol. The fraction of sp³-hybridized carbons (Fsp3) is 0.636. The molecule has 0 atom stereocenters. The second-order valence-corrected chi connectivity index (χ2v) is 5.53. The molecule has 1 rings (SSSR count). The average Bonchev–Trinajstić information content (AvgIpc) is 2.60. The normalized spacial score (nSPS) is 11.9. The Morgan fingerprint density at radius 1 is 1.53 bits per heavy atom. The number of nitrogen functional groups attached to an aromatic ring is 1. The van der Waals surface area contributed by atoms with Crippen molar-refractivity contribution in [2.24, 2.45) is 5.92 Å². The van der Waals surface area contributed by atoms with Gasteiger partial charge < -0.3 is 10.6 Å². The number of rotatable bonds is 5. The zero-order chi connectivity index (χ0) is 14.6. The van der Waals surface area contributed by atoms with E-state index in [4.69, 9.17) is 5.73 Å². The van der Waals surface area contributed by atoms with Gasteiger partial charge in [-0.05, 0) is 5.92 Å². The number of amides is 1. The highest BCUT2D eigenvalue weighted by molar-refractivity contribution is 7.13. The van der Waals surface area contributed by atoms with Crippen molar-refractivity contribution in [2.75, 3.05) is 18.8 Å². The molecule has 2 N–H and O–H groups in total. The van der Waals surface area contributed by atoms with E-state index in [0.717, 1.165) is 16.2 Å². The quantitative estimate of drug-likeness (QED) is 0.907. The van der Waals surface area contributed by atoms with Crippen LogP contribution in [-0.2, 0) is 11.2 Å². The van der Waals surface area contributed by atoms with Crippen LogP contribution in [0.25, 0.3) is 0 Å². The Bertz CT molecular complexity index is 431. The molecule has 4 nitrogen and oxygen atoms in total. The largest absolute Gasteiger partial charge is 0.406 e. The highest BCUT2D eigenvalue weighted by Gasteiger charge is 2.33. The van der Waals surface area contributed by atoms with E-state index >= 15 is 0 Å². The van der Waals surface area contributed by atoms with E-state index in [-0.39, 0.29) is 18.9 Å². The number of nitrogens with zero attached hydrogens (tertiary/aromatic N) is 2. The van der Waals surface area contributed by atoms with Crippen LogP contribution in [0.5, 0.6) is 0 Å². The molecule has 19 heavy (non-hydrogen) atoms.